The summed E-state index contributed by atoms with van der Waals surface area (Å²) in [5.41, 5.74) is 1.12. The maximum Gasteiger partial charge on any atom is 0.287 e. The van der Waals surface area contributed by atoms with Crippen LogP contribution in [0.1, 0.15) is 49.4 Å². The normalized spacial score (nSPS) is 14.4. The molecule has 0 bridgehead atoms. The van der Waals surface area contributed by atoms with Crippen LogP contribution < -0.4 is 10.3 Å². The molecular weight excluding hydrogens is 446 g/mol. The molecule has 0 amide bonds. The fourth-order valence-electron chi connectivity index (χ4n) is 4.32. The van der Waals surface area contributed by atoms with Crippen molar-refractivity contribution in [3.63, 3.8) is 0 Å². The van der Waals surface area contributed by atoms with Crippen molar-refractivity contribution in [2.75, 3.05) is 0 Å². The van der Waals surface area contributed by atoms with E-state index in [-0.39, 0.29) is 23.0 Å². The molecule has 2 aromatic carbocycles. The molecule has 1 fully saturated rings. The van der Waals surface area contributed by atoms with Crippen LogP contribution in [0.25, 0.3) is 10.9 Å². The van der Waals surface area contributed by atoms with Gasteiger partial charge in [-0.25, -0.2) is 9.97 Å². The van der Waals surface area contributed by atoms with Crippen molar-refractivity contribution in [1.82, 2.24) is 14.6 Å². The Balaban J connectivity index is 1.46. The van der Waals surface area contributed by atoms with Gasteiger partial charge in [0.25, 0.3) is 11.2 Å². The van der Waals surface area contributed by atoms with Gasteiger partial charge in [0.15, 0.2) is 0 Å². The third-order valence-corrected chi connectivity index (χ3v) is 6.08. The molecule has 9 nitrogen and oxygen atoms in total. The summed E-state index contributed by atoms with van der Waals surface area (Å²) in [6, 6.07) is 17.3. The lowest BCUT2D eigenvalue weighted by atomic mass is 9.88. The van der Waals surface area contributed by atoms with Gasteiger partial charge in [-0.3, -0.25) is 14.9 Å². The number of para-hydroxylation sites is 1. The summed E-state index contributed by atoms with van der Waals surface area (Å²) in [4.78, 5) is 32.4. The van der Waals surface area contributed by atoms with E-state index in [1.165, 1.54) is 23.2 Å². The van der Waals surface area contributed by atoms with Gasteiger partial charge in [-0.2, -0.15) is 9.78 Å². The van der Waals surface area contributed by atoms with Gasteiger partial charge < -0.3 is 4.74 Å². The number of hydrogen-bond acceptors (Lipinski definition) is 7. The first-order valence-corrected chi connectivity index (χ1v) is 11.5. The van der Waals surface area contributed by atoms with Gasteiger partial charge in [-0.1, -0.05) is 43.5 Å². The van der Waals surface area contributed by atoms with Crippen LogP contribution in [-0.4, -0.2) is 25.8 Å². The second-order valence-electron chi connectivity index (χ2n) is 8.47. The predicted molar refractivity (Wildman–Crippen MR) is 132 cm³/mol. The molecule has 4 aromatic rings. The number of rotatable bonds is 6. The van der Waals surface area contributed by atoms with Gasteiger partial charge >= 0.3 is 0 Å². The molecule has 0 aliphatic heterocycles. The summed E-state index contributed by atoms with van der Waals surface area (Å²) in [7, 11) is 0. The zero-order valence-corrected chi connectivity index (χ0v) is 18.9. The minimum atomic E-state index is -0.515. The second kappa shape index (κ2) is 9.84. The molecule has 1 aliphatic carbocycles. The van der Waals surface area contributed by atoms with E-state index in [1.807, 2.05) is 24.3 Å². The van der Waals surface area contributed by atoms with E-state index in [0.717, 1.165) is 37.4 Å². The third-order valence-electron chi connectivity index (χ3n) is 6.08. The van der Waals surface area contributed by atoms with Crippen molar-refractivity contribution < 1.29 is 9.66 Å². The van der Waals surface area contributed by atoms with Crippen molar-refractivity contribution in [2.45, 2.75) is 38.0 Å². The van der Waals surface area contributed by atoms with E-state index < -0.39 is 4.92 Å². The highest BCUT2D eigenvalue weighted by molar-refractivity contribution is 5.81. The molecule has 0 N–H and O–H groups in total. The van der Waals surface area contributed by atoms with Gasteiger partial charge in [0.05, 0.1) is 22.0 Å². The van der Waals surface area contributed by atoms with Gasteiger partial charge in [0.1, 0.15) is 17.8 Å². The zero-order valence-electron chi connectivity index (χ0n) is 18.9. The molecule has 2 heterocycles. The highest BCUT2D eigenvalue weighted by Gasteiger charge is 2.22. The Bertz CT molecular complexity index is 1460. The average molecular weight is 470 g/mol. The predicted octanol–water partition coefficient (Wildman–Crippen LogP) is 5.42. The fourth-order valence-corrected chi connectivity index (χ4v) is 4.32. The summed E-state index contributed by atoms with van der Waals surface area (Å²) in [6.45, 7) is 0. The topological polar surface area (TPSA) is 113 Å². The van der Waals surface area contributed by atoms with E-state index in [4.69, 9.17) is 9.72 Å². The van der Waals surface area contributed by atoms with Gasteiger partial charge in [-0.15, -0.1) is 0 Å². The molecule has 0 spiro atoms. The van der Waals surface area contributed by atoms with Gasteiger partial charge in [-0.05, 0) is 42.7 Å². The van der Waals surface area contributed by atoms with Gasteiger partial charge in [0, 0.05) is 18.1 Å². The molecule has 2 aromatic heterocycles. The molecule has 0 saturated heterocycles. The quantitative estimate of drug-likeness (QED) is 0.212. The summed E-state index contributed by atoms with van der Waals surface area (Å²) in [6.07, 6.45) is 8.18. The van der Waals surface area contributed by atoms with Crippen LogP contribution >= 0.6 is 0 Å². The van der Waals surface area contributed by atoms with Crippen LogP contribution in [0.15, 0.2) is 76.8 Å². The molecule has 1 aliphatic rings. The first kappa shape index (κ1) is 22.4. The van der Waals surface area contributed by atoms with Crippen molar-refractivity contribution >= 4 is 22.8 Å². The SMILES string of the molecule is O=c1c2ccccc2nc(C2CCCCC2)n1N=Cc1cccc(Oc2ccc([N+](=O)[O-])cn2)c1. The monoisotopic (exact) mass is 469 g/mol. The molecule has 0 radical (unpaired) electrons. The number of aromatic nitrogens is 3. The maximum atomic E-state index is 13.3. The van der Waals surface area contributed by atoms with E-state index in [1.54, 1.807) is 30.5 Å². The summed E-state index contributed by atoms with van der Waals surface area (Å²) in [5.74, 6) is 1.62. The van der Waals surface area contributed by atoms with E-state index in [2.05, 4.69) is 10.1 Å². The molecule has 9 heteroatoms. The van der Waals surface area contributed by atoms with E-state index >= 15 is 0 Å². The fraction of sp³-hybridized carbons (Fsp3) is 0.231. The Morgan fingerprint density at radius 2 is 1.89 bits per heavy atom. The number of pyridine rings is 1. The zero-order chi connectivity index (χ0) is 24.2. The second-order valence-corrected chi connectivity index (χ2v) is 8.47. The molecule has 1 saturated carbocycles. The highest BCUT2D eigenvalue weighted by Crippen LogP contribution is 2.31. The standard InChI is InChI=1S/C26H23N5O4/c32-26-22-11-4-5-12-23(22)29-25(19-8-2-1-3-9-19)30(26)28-16-18-7-6-10-21(15-18)35-24-14-13-20(17-27-24)31(33)34/h4-7,10-17,19H,1-3,8-9H2. The average Bonchev–Trinajstić information content (AvgIpc) is 2.89. The Morgan fingerprint density at radius 1 is 1.06 bits per heavy atom. The Kier molecular flexibility index (Phi) is 6.30. The van der Waals surface area contributed by atoms with Crippen LogP contribution in [0.5, 0.6) is 11.6 Å². The van der Waals surface area contributed by atoms with Crippen LogP contribution in [0.4, 0.5) is 5.69 Å². The first-order valence-electron chi connectivity index (χ1n) is 11.5. The van der Waals surface area contributed by atoms with E-state index in [0.29, 0.717) is 22.5 Å². The van der Waals surface area contributed by atoms with Crippen molar-refractivity contribution in [3.8, 4) is 11.6 Å². The first-order chi connectivity index (χ1) is 17.1. The largest absolute Gasteiger partial charge is 0.439 e. The number of fused-ring (bicyclic) bond motifs is 1. The maximum absolute atomic E-state index is 13.3. The Morgan fingerprint density at radius 3 is 2.66 bits per heavy atom. The summed E-state index contributed by atoms with van der Waals surface area (Å²) < 4.78 is 7.16. The summed E-state index contributed by atoms with van der Waals surface area (Å²) in [5, 5.41) is 15.9. The third kappa shape index (κ3) is 4.93. The lowest BCUT2D eigenvalue weighted by Gasteiger charge is -2.22. The van der Waals surface area contributed by atoms with Crippen molar-refractivity contribution in [3.05, 3.63) is 98.7 Å². The number of hydrogen-bond donors (Lipinski definition) is 0. The molecule has 176 valence electrons. The number of benzene rings is 2. The Labute approximate surface area is 200 Å². The smallest absolute Gasteiger partial charge is 0.287 e. The molecular formula is C26H23N5O4. The molecule has 5 rings (SSSR count). The highest BCUT2D eigenvalue weighted by atomic mass is 16.6. The van der Waals surface area contributed by atoms with Crippen LogP contribution in [-0.2, 0) is 0 Å². The molecule has 0 atom stereocenters. The van der Waals surface area contributed by atoms with Crippen LogP contribution in [0, 0.1) is 10.1 Å². The number of ether oxygens (including phenoxy) is 1. The van der Waals surface area contributed by atoms with Crippen molar-refractivity contribution in [2.24, 2.45) is 5.10 Å². The minimum absolute atomic E-state index is 0.110. The minimum Gasteiger partial charge on any atom is -0.439 e. The number of nitro groups is 1. The van der Waals surface area contributed by atoms with Gasteiger partial charge in [0.2, 0.25) is 5.88 Å². The number of nitrogens with zero attached hydrogens (tertiary/aromatic N) is 5. The lowest BCUT2D eigenvalue weighted by molar-refractivity contribution is -0.385. The Hall–Kier alpha value is -4.40. The summed E-state index contributed by atoms with van der Waals surface area (Å²) >= 11 is 0. The van der Waals surface area contributed by atoms with Crippen LogP contribution in [0.2, 0.25) is 0 Å². The molecule has 35 heavy (non-hydrogen) atoms. The van der Waals surface area contributed by atoms with Crippen molar-refractivity contribution in [1.29, 1.82) is 0 Å². The van der Waals surface area contributed by atoms with E-state index in [9.17, 15) is 14.9 Å². The lowest BCUT2D eigenvalue weighted by Crippen LogP contribution is -2.25. The molecule has 0 unspecified atom stereocenters. The van der Waals surface area contributed by atoms with Crippen LogP contribution in [0.3, 0.4) is 0 Å².